The topological polar surface area (TPSA) is 66.0 Å². The zero-order chi connectivity index (χ0) is 18.6. The van der Waals surface area contributed by atoms with Crippen LogP contribution in [0.2, 0.25) is 0 Å². The predicted octanol–water partition coefficient (Wildman–Crippen LogP) is 3.12. The van der Waals surface area contributed by atoms with Gasteiger partial charge in [-0.15, -0.1) is 0 Å². The number of nitrogens with one attached hydrogen (secondary N) is 2. The summed E-state index contributed by atoms with van der Waals surface area (Å²) in [6.45, 7) is 2.63. The molecule has 1 atom stereocenters. The average molecular weight is 362 g/mol. The van der Waals surface area contributed by atoms with Crippen LogP contribution in [-0.2, 0) is 13.1 Å². The molecule has 0 saturated carbocycles. The Morgan fingerprint density at radius 1 is 1.19 bits per heavy atom. The van der Waals surface area contributed by atoms with Crippen LogP contribution in [0, 0.1) is 0 Å². The molecule has 0 amide bonds. The van der Waals surface area contributed by atoms with Crippen LogP contribution in [-0.4, -0.2) is 40.5 Å². The van der Waals surface area contributed by atoms with Crippen LogP contribution in [0.5, 0.6) is 0 Å². The molecule has 3 aromatic rings. The van der Waals surface area contributed by atoms with Crippen molar-refractivity contribution in [3.8, 4) is 0 Å². The summed E-state index contributed by atoms with van der Waals surface area (Å²) in [7, 11) is 4.03. The third-order valence-corrected chi connectivity index (χ3v) is 5.01. The van der Waals surface area contributed by atoms with Gasteiger partial charge in [-0.05, 0) is 38.1 Å². The van der Waals surface area contributed by atoms with Crippen LogP contribution in [0.3, 0.4) is 0 Å². The molecule has 1 saturated heterocycles. The van der Waals surface area contributed by atoms with Gasteiger partial charge in [-0.3, -0.25) is 9.88 Å². The van der Waals surface area contributed by atoms with Gasteiger partial charge in [0.2, 0.25) is 0 Å². The first-order chi connectivity index (χ1) is 13.2. The number of hydrogen-bond donors (Lipinski definition) is 2. The number of benzene rings is 1. The lowest BCUT2D eigenvalue weighted by molar-refractivity contribution is 0.315. The van der Waals surface area contributed by atoms with E-state index in [-0.39, 0.29) is 6.04 Å². The number of fused-ring (bicyclic) bond motifs is 1. The molecule has 0 aliphatic carbocycles. The minimum Gasteiger partial charge on any atom is -0.373 e. The van der Waals surface area contributed by atoms with Gasteiger partial charge in [0.15, 0.2) is 0 Å². The second-order valence-corrected chi connectivity index (χ2v) is 7.17. The number of rotatable bonds is 6. The zero-order valence-corrected chi connectivity index (χ0v) is 15.9. The van der Waals surface area contributed by atoms with Crippen LogP contribution in [0.15, 0.2) is 42.6 Å². The largest absolute Gasteiger partial charge is 0.373 e. The van der Waals surface area contributed by atoms with Crippen molar-refractivity contribution >= 4 is 16.7 Å². The van der Waals surface area contributed by atoms with E-state index in [1.54, 1.807) is 0 Å². The summed E-state index contributed by atoms with van der Waals surface area (Å²) in [6.07, 6.45) is 4.14. The van der Waals surface area contributed by atoms with Crippen LogP contribution in [0.25, 0.3) is 10.9 Å². The summed E-state index contributed by atoms with van der Waals surface area (Å²) in [5.41, 5.74) is 3.34. The smallest absolute Gasteiger partial charge is 0.147 e. The molecule has 1 fully saturated rings. The van der Waals surface area contributed by atoms with E-state index in [9.17, 15) is 0 Å². The van der Waals surface area contributed by atoms with E-state index < -0.39 is 0 Å². The highest BCUT2D eigenvalue weighted by atomic mass is 15.1. The second-order valence-electron chi connectivity index (χ2n) is 7.17. The number of para-hydroxylation sites is 1. The van der Waals surface area contributed by atoms with Crippen LogP contribution in [0.4, 0.5) is 5.82 Å². The van der Waals surface area contributed by atoms with Crippen molar-refractivity contribution < 1.29 is 0 Å². The summed E-state index contributed by atoms with van der Waals surface area (Å²) in [4.78, 5) is 16.3. The van der Waals surface area contributed by atoms with E-state index in [1.165, 1.54) is 17.4 Å². The minimum atomic E-state index is 0.268. The molecule has 0 unspecified atom stereocenters. The van der Waals surface area contributed by atoms with Crippen LogP contribution < -0.4 is 10.6 Å². The molecule has 2 N–H and O–H groups in total. The Kier molecular flexibility index (Phi) is 5.27. The number of hydrogen-bond acceptors (Lipinski definition) is 6. The molecule has 1 aromatic carbocycles. The highest BCUT2D eigenvalue weighted by molar-refractivity contribution is 5.81. The van der Waals surface area contributed by atoms with E-state index in [4.69, 9.17) is 4.98 Å². The Morgan fingerprint density at radius 2 is 2.07 bits per heavy atom. The van der Waals surface area contributed by atoms with Gasteiger partial charge < -0.3 is 10.6 Å². The molecule has 27 heavy (non-hydrogen) atoms. The fourth-order valence-corrected chi connectivity index (χ4v) is 3.71. The zero-order valence-electron chi connectivity index (χ0n) is 15.9. The fraction of sp³-hybridized carbons (Fsp3) is 0.381. The van der Waals surface area contributed by atoms with Gasteiger partial charge in [0.25, 0.3) is 0 Å². The summed E-state index contributed by atoms with van der Waals surface area (Å²) in [6, 6.07) is 12.8. The number of pyridine rings is 1. The SMILES string of the molecule is CNc1cc(CN(C)Cc2cccc3cccnc23)nc([C@H]2CCCN2)n1. The van der Waals surface area contributed by atoms with Gasteiger partial charge >= 0.3 is 0 Å². The first-order valence-corrected chi connectivity index (χ1v) is 9.53. The molecular formula is C21H26N6. The first-order valence-electron chi connectivity index (χ1n) is 9.53. The number of anilines is 1. The molecule has 4 rings (SSSR count). The summed E-state index contributed by atoms with van der Waals surface area (Å²) in [5, 5.41) is 7.84. The van der Waals surface area contributed by atoms with Crippen molar-refractivity contribution in [3.63, 3.8) is 0 Å². The normalized spacial score (nSPS) is 16.9. The van der Waals surface area contributed by atoms with E-state index in [0.29, 0.717) is 0 Å². The second kappa shape index (κ2) is 7.98. The molecule has 0 spiro atoms. The molecule has 0 radical (unpaired) electrons. The van der Waals surface area contributed by atoms with Gasteiger partial charge in [0.1, 0.15) is 11.6 Å². The van der Waals surface area contributed by atoms with Crippen molar-refractivity contribution in [2.24, 2.45) is 0 Å². The molecule has 6 heteroatoms. The van der Waals surface area contributed by atoms with Gasteiger partial charge in [0, 0.05) is 37.8 Å². The Balaban J connectivity index is 1.53. The van der Waals surface area contributed by atoms with Crippen molar-refractivity contribution in [2.45, 2.75) is 32.0 Å². The number of nitrogens with zero attached hydrogens (tertiary/aromatic N) is 4. The Bertz CT molecular complexity index is 914. The highest BCUT2D eigenvalue weighted by Gasteiger charge is 2.20. The molecule has 1 aliphatic heterocycles. The molecule has 140 valence electrons. The molecule has 0 bridgehead atoms. The molecular weight excluding hydrogens is 336 g/mol. The van der Waals surface area contributed by atoms with Crippen LogP contribution in [0.1, 0.15) is 36.0 Å². The highest BCUT2D eigenvalue weighted by Crippen LogP contribution is 2.22. The van der Waals surface area contributed by atoms with Crippen molar-refractivity contribution in [1.82, 2.24) is 25.2 Å². The van der Waals surface area contributed by atoms with E-state index in [2.05, 4.69) is 56.8 Å². The van der Waals surface area contributed by atoms with Crippen molar-refractivity contribution in [1.29, 1.82) is 0 Å². The molecule has 2 aromatic heterocycles. The Morgan fingerprint density at radius 3 is 2.89 bits per heavy atom. The van der Waals surface area contributed by atoms with Crippen LogP contribution >= 0.6 is 0 Å². The summed E-state index contributed by atoms with van der Waals surface area (Å²) < 4.78 is 0. The van der Waals surface area contributed by atoms with E-state index >= 15 is 0 Å². The maximum atomic E-state index is 4.84. The Hall–Kier alpha value is -2.57. The monoisotopic (exact) mass is 362 g/mol. The van der Waals surface area contributed by atoms with Gasteiger partial charge in [-0.25, -0.2) is 9.97 Å². The van der Waals surface area contributed by atoms with E-state index in [1.807, 2.05) is 25.4 Å². The number of aromatic nitrogens is 3. The minimum absolute atomic E-state index is 0.268. The molecule has 6 nitrogen and oxygen atoms in total. The molecule has 1 aliphatic rings. The first kappa shape index (κ1) is 17.8. The standard InChI is InChI=1S/C21H26N6/c1-22-19-12-17(25-21(26-19)18-9-5-10-23-18)14-27(2)13-16-7-3-6-15-8-4-11-24-20(15)16/h3-4,6-8,11-12,18,23H,5,9-10,13-14H2,1-2H3,(H,22,25,26)/t18-/m1/s1. The van der Waals surface area contributed by atoms with Gasteiger partial charge in [-0.2, -0.15) is 0 Å². The fourth-order valence-electron chi connectivity index (χ4n) is 3.71. The lowest BCUT2D eigenvalue weighted by Gasteiger charge is -2.19. The maximum Gasteiger partial charge on any atom is 0.147 e. The third-order valence-electron chi connectivity index (χ3n) is 5.01. The predicted molar refractivity (Wildman–Crippen MR) is 108 cm³/mol. The third kappa shape index (κ3) is 4.07. The lowest BCUT2D eigenvalue weighted by atomic mass is 10.1. The van der Waals surface area contributed by atoms with Crippen molar-refractivity contribution in [3.05, 3.63) is 59.7 Å². The lowest BCUT2D eigenvalue weighted by Crippen LogP contribution is -2.21. The summed E-state index contributed by atoms with van der Waals surface area (Å²) in [5.74, 6) is 1.78. The van der Waals surface area contributed by atoms with E-state index in [0.717, 1.165) is 48.9 Å². The van der Waals surface area contributed by atoms with Gasteiger partial charge in [0.05, 0.1) is 17.3 Å². The quantitative estimate of drug-likeness (QED) is 0.702. The molecule has 3 heterocycles. The van der Waals surface area contributed by atoms with Gasteiger partial charge in [-0.1, -0.05) is 24.3 Å². The maximum absolute atomic E-state index is 4.84. The summed E-state index contributed by atoms with van der Waals surface area (Å²) >= 11 is 0. The Labute approximate surface area is 160 Å². The average Bonchev–Trinajstić information content (AvgIpc) is 3.23. The van der Waals surface area contributed by atoms with Crippen molar-refractivity contribution in [2.75, 3.05) is 26.0 Å².